The van der Waals surface area contributed by atoms with Crippen LogP contribution in [0, 0.1) is 0 Å². The van der Waals surface area contributed by atoms with Gasteiger partial charge >= 0.3 is 0 Å². The van der Waals surface area contributed by atoms with Gasteiger partial charge < -0.3 is 13.9 Å². The smallest absolute Gasteiger partial charge is 0.240 e. The fourth-order valence-electron chi connectivity index (χ4n) is 5.09. The van der Waals surface area contributed by atoms with Crippen LogP contribution in [0.15, 0.2) is 68.8 Å². The topological polar surface area (TPSA) is 123 Å². The lowest BCUT2D eigenvalue weighted by Gasteiger charge is -2.23. The highest BCUT2D eigenvalue weighted by molar-refractivity contribution is 7.89. The van der Waals surface area contributed by atoms with E-state index in [1.165, 1.54) is 12.1 Å². The van der Waals surface area contributed by atoms with Crippen molar-refractivity contribution in [2.75, 3.05) is 37.6 Å². The second-order valence-corrected chi connectivity index (χ2v) is 12.4. The molecule has 2 aromatic carbocycles. The van der Waals surface area contributed by atoms with Crippen LogP contribution >= 0.6 is 0 Å². The first-order valence-corrected chi connectivity index (χ1v) is 16.3. The van der Waals surface area contributed by atoms with Crippen molar-refractivity contribution in [1.82, 2.24) is 9.30 Å². The normalized spacial score (nSPS) is 12.2. The second kappa shape index (κ2) is 11.7. The number of sulfonamides is 1. The first kappa shape index (κ1) is 29.7. The van der Waals surface area contributed by atoms with E-state index in [0.717, 1.165) is 43.3 Å². The van der Waals surface area contributed by atoms with Crippen LogP contribution in [0.1, 0.15) is 34.6 Å². The third kappa shape index (κ3) is 5.64. The quantitative estimate of drug-likeness (QED) is 0.169. The highest BCUT2D eigenvalue weighted by Crippen LogP contribution is 2.43. The molecule has 0 spiro atoms. The van der Waals surface area contributed by atoms with E-state index in [0.29, 0.717) is 27.9 Å². The van der Waals surface area contributed by atoms with Crippen molar-refractivity contribution in [3.8, 4) is 22.5 Å². The Bertz CT molecular complexity index is 1800. The molecule has 4 rings (SSSR count). The van der Waals surface area contributed by atoms with Gasteiger partial charge in [-0.1, -0.05) is 13.0 Å². The summed E-state index contributed by atoms with van der Waals surface area (Å²) in [6, 6.07) is 15.0. The van der Waals surface area contributed by atoms with Crippen molar-refractivity contribution in [2.45, 2.75) is 44.4 Å². The van der Waals surface area contributed by atoms with Gasteiger partial charge in [-0.3, -0.25) is 0 Å². The van der Waals surface area contributed by atoms with Crippen molar-refractivity contribution in [1.29, 1.82) is 0 Å². The highest BCUT2D eigenvalue weighted by Gasteiger charge is 2.25. The van der Waals surface area contributed by atoms with Gasteiger partial charge in [0.15, 0.2) is 0 Å². The molecular formula is C29H35N3O6S2. The zero-order valence-electron chi connectivity index (χ0n) is 23.4. The SMILES string of the molecule is CCNS(=O)(=O)c1ccc(-c2c3ccc(=[N+](CC)CC)cc-3oc3cc(N(CC)CC)ccc23)c(S(=O)(=O)[O-])c1. The third-order valence-electron chi connectivity index (χ3n) is 7.08. The van der Waals surface area contributed by atoms with Gasteiger partial charge in [-0.2, -0.15) is 0 Å². The van der Waals surface area contributed by atoms with E-state index in [2.05, 4.69) is 41.9 Å². The van der Waals surface area contributed by atoms with Gasteiger partial charge in [0.2, 0.25) is 15.4 Å². The molecule has 2 aliphatic rings. The van der Waals surface area contributed by atoms with Gasteiger partial charge in [-0.25, -0.2) is 26.1 Å². The number of benzene rings is 3. The molecule has 0 saturated heterocycles. The monoisotopic (exact) mass is 585 g/mol. The van der Waals surface area contributed by atoms with E-state index in [-0.39, 0.29) is 17.0 Å². The summed E-state index contributed by atoms with van der Waals surface area (Å²) in [5, 5.41) is 1.54. The van der Waals surface area contributed by atoms with Crippen molar-refractivity contribution < 1.29 is 25.8 Å². The van der Waals surface area contributed by atoms with Crippen LogP contribution in [0.25, 0.3) is 33.4 Å². The van der Waals surface area contributed by atoms with E-state index in [1.807, 2.05) is 36.4 Å². The maximum Gasteiger partial charge on any atom is 0.240 e. The van der Waals surface area contributed by atoms with Crippen molar-refractivity contribution in [3.63, 3.8) is 0 Å². The fourth-order valence-corrected chi connectivity index (χ4v) is 6.94. The van der Waals surface area contributed by atoms with Crippen LogP contribution in [0.3, 0.4) is 0 Å². The Kier molecular flexibility index (Phi) is 8.69. The first-order valence-electron chi connectivity index (χ1n) is 13.4. The minimum atomic E-state index is -5.06. The Morgan fingerprint density at radius 3 is 2.12 bits per heavy atom. The summed E-state index contributed by atoms with van der Waals surface area (Å²) in [7, 11) is -9.07. The minimum Gasteiger partial charge on any atom is -0.744 e. The molecule has 2 aromatic rings. The molecule has 1 heterocycles. The van der Waals surface area contributed by atoms with E-state index < -0.39 is 25.0 Å². The number of anilines is 1. The molecule has 0 amide bonds. The molecule has 214 valence electrons. The summed E-state index contributed by atoms with van der Waals surface area (Å²) in [5.74, 6) is 0.516. The van der Waals surface area contributed by atoms with Gasteiger partial charge in [0, 0.05) is 59.5 Å². The van der Waals surface area contributed by atoms with E-state index in [1.54, 1.807) is 6.92 Å². The van der Waals surface area contributed by atoms with Gasteiger partial charge in [-0.05, 0) is 58.0 Å². The van der Waals surface area contributed by atoms with Crippen LogP contribution < -0.4 is 19.6 Å². The van der Waals surface area contributed by atoms with E-state index in [4.69, 9.17) is 4.42 Å². The molecule has 0 fully saturated rings. The lowest BCUT2D eigenvalue weighted by Crippen LogP contribution is -2.29. The summed E-state index contributed by atoms with van der Waals surface area (Å²) in [5.41, 5.74) is 2.65. The lowest BCUT2D eigenvalue weighted by molar-refractivity contribution is 0.463. The zero-order chi connectivity index (χ0) is 29.2. The van der Waals surface area contributed by atoms with Crippen LogP contribution in [0.5, 0.6) is 0 Å². The average Bonchev–Trinajstić information content (AvgIpc) is 2.92. The number of fused-ring (bicyclic) bond motifs is 2. The predicted molar refractivity (Wildman–Crippen MR) is 157 cm³/mol. The standard InChI is InChI=1S/C29H35N3O6S2/c1-6-30-39(33,34)22-13-16-25(28(19-22)40(35,36)37)29-23-14-11-20(31(7-2)8-3)17-26(23)38-27-18-21(12-15-24(27)29)32(9-4)10-5/h11-19,30H,6-10H2,1-5H3. The Morgan fingerprint density at radius 1 is 0.850 bits per heavy atom. The molecule has 1 aliphatic heterocycles. The number of nitrogens with zero attached hydrogens (tertiary/aromatic N) is 2. The van der Waals surface area contributed by atoms with Crippen LogP contribution in [0.2, 0.25) is 0 Å². The molecule has 0 radical (unpaired) electrons. The fraction of sp³-hybridized carbons (Fsp3) is 0.345. The molecule has 11 heteroatoms. The van der Waals surface area contributed by atoms with Crippen LogP contribution in [-0.4, -0.2) is 54.1 Å². The van der Waals surface area contributed by atoms with Crippen LogP contribution in [-0.2, 0) is 20.1 Å². The molecule has 1 N–H and O–H groups in total. The Morgan fingerprint density at radius 2 is 1.52 bits per heavy atom. The Hall–Kier alpha value is -3.25. The van der Waals surface area contributed by atoms with Gasteiger partial charge in [0.05, 0.1) is 15.9 Å². The molecule has 0 bridgehead atoms. The molecule has 0 aromatic heterocycles. The summed E-state index contributed by atoms with van der Waals surface area (Å²) < 4.78 is 74.0. The third-order valence-corrected chi connectivity index (χ3v) is 9.50. The van der Waals surface area contributed by atoms with Crippen molar-refractivity contribution in [2.24, 2.45) is 0 Å². The first-order chi connectivity index (χ1) is 19.0. The van der Waals surface area contributed by atoms with Crippen LogP contribution in [0.4, 0.5) is 5.69 Å². The van der Waals surface area contributed by atoms with Gasteiger partial charge in [-0.15, -0.1) is 0 Å². The van der Waals surface area contributed by atoms with Crippen molar-refractivity contribution in [3.05, 3.63) is 60.0 Å². The largest absolute Gasteiger partial charge is 0.744 e. The summed E-state index contributed by atoms with van der Waals surface area (Å²) in [4.78, 5) is 1.26. The van der Waals surface area contributed by atoms with E-state index in [9.17, 15) is 21.4 Å². The summed E-state index contributed by atoms with van der Waals surface area (Å²) in [6.07, 6.45) is 0. The average molecular weight is 586 g/mol. The van der Waals surface area contributed by atoms with E-state index >= 15 is 0 Å². The second-order valence-electron chi connectivity index (χ2n) is 9.30. The molecule has 40 heavy (non-hydrogen) atoms. The molecule has 0 unspecified atom stereocenters. The highest BCUT2D eigenvalue weighted by atomic mass is 32.2. The Labute approximate surface area is 235 Å². The summed E-state index contributed by atoms with van der Waals surface area (Å²) >= 11 is 0. The number of hydrogen-bond acceptors (Lipinski definition) is 7. The number of rotatable bonds is 10. The van der Waals surface area contributed by atoms with Crippen molar-refractivity contribution >= 4 is 36.8 Å². The molecular weight excluding hydrogens is 550 g/mol. The van der Waals surface area contributed by atoms with Gasteiger partial charge in [0.25, 0.3) is 0 Å². The number of nitrogens with one attached hydrogen (secondary N) is 1. The maximum absolute atomic E-state index is 12.7. The summed E-state index contributed by atoms with van der Waals surface area (Å²) in [6.45, 7) is 13.1. The molecule has 0 atom stereocenters. The Balaban J connectivity index is 2.16. The molecule has 1 aliphatic carbocycles. The molecule has 0 saturated carbocycles. The van der Waals surface area contributed by atoms with Gasteiger partial charge in [0.1, 0.15) is 34.6 Å². The minimum absolute atomic E-state index is 0.113. The maximum atomic E-state index is 12.7. The predicted octanol–water partition coefficient (Wildman–Crippen LogP) is 4.07. The number of hydrogen-bond donors (Lipinski definition) is 1. The molecule has 9 nitrogen and oxygen atoms in total. The lowest BCUT2D eigenvalue weighted by atomic mass is 9.93. The zero-order valence-corrected chi connectivity index (χ0v) is 25.0.